The molecule has 0 fully saturated rings. The summed E-state index contributed by atoms with van der Waals surface area (Å²) in [6.45, 7) is 0.399. The first kappa shape index (κ1) is 29.8. The Balaban J connectivity index is 0.000000175. The number of H-pyrrole nitrogens is 2. The van der Waals surface area contributed by atoms with Crippen molar-refractivity contribution in [3.05, 3.63) is 132 Å². The molecule has 0 saturated carbocycles. The number of rotatable bonds is 10. The van der Waals surface area contributed by atoms with Gasteiger partial charge in [-0.3, -0.25) is 10.2 Å². The molecule has 0 atom stereocenters. The molecule has 8 nitrogen and oxygen atoms in total. The lowest BCUT2D eigenvalue weighted by atomic mass is 10.1. The zero-order valence-electron chi connectivity index (χ0n) is 24.1. The van der Waals surface area contributed by atoms with Gasteiger partial charge in [-0.1, -0.05) is 42.5 Å². The standard InChI is InChI=1S/C17H14F2N2O2.C17H16N2O2/c1-22-15-6-5-11(14-7-8-20-21-14)9-16(15)23-10-12-3-2-4-13(18)17(12)19;1-20-16-8-7-14(15-9-10-18-19-15)11-17(16)21-12-13-5-3-2-4-6-13/h2-9H,10H2,1H3,(H,20,21);2-11H,12H2,1H3,(H,18,19). The van der Waals surface area contributed by atoms with Crippen LogP contribution in [0.1, 0.15) is 11.1 Å². The predicted octanol–water partition coefficient (Wildman–Crippen LogP) is 7.61. The van der Waals surface area contributed by atoms with Gasteiger partial charge in [0.15, 0.2) is 34.6 Å². The Hall–Kier alpha value is -5.64. The van der Waals surface area contributed by atoms with Crippen LogP contribution in [0, 0.1) is 11.6 Å². The summed E-state index contributed by atoms with van der Waals surface area (Å²) in [4.78, 5) is 0. The van der Waals surface area contributed by atoms with Crippen LogP contribution in [0.2, 0.25) is 0 Å². The van der Waals surface area contributed by atoms with E-state index in [-0.39, 0.29) is 12.2 Å². The second-order valence-corrected chi connectivity index (χ2v) is 9.45. The van der Waals surface area contributed by atoms with Crippen molar-refractivity contribution in [1.82, 2.24) is 20.4 Å². The van der Waals surface area contributed by atoms with Gasteiger partial charge >= 0.3 is 0 Å². The average molecular weight is 597 g/mol. The first-order valence-corrected chi connectivity index (χ1v) is 13.6. The first-order chi connectivity index (χ1) is 21.6. The van der Waals surface area contributed by atoms with Gasteiger partial charge in [-0.25, -0.2) is 8.78 Å². The number of methoxy groups -OCH3 is 2. The second kappa shape index (κ2) is 14.5. The number of nitrogens with one attached hydrogen (secondary N) is 2. The van der Waals surface area contributed by atoms with Crippen molar-refractivity contribution in [2.45, 2.75) is 13.2 Å². The van der Waals surface area contributed by atoms with Crippen LogP contribution in [-0.2, 0) is 13.2 Å². The summed E-state index contributed by atoms with van der Waals surface area (Å²) in [7, 11) is 3.15. The van der Waals surface area contributed by atoms with Crippen LogP contribution in [-0.4, -0.2) is 34.6 Å². The molecule has 10 heteroatoms. The molecule has 6 rings (SSSR count). The smallest absolute Gasteiger partial charge is 0.165 e. The summed E-state index contributed by atoms with van der Waals surface area (Å²) < 4.78 is 49.0. The largest absolute Gasteiger partial charge is 0.493 e. The summed E-state index contributed by atoms with van der Waals surface area (Å²) in [5, 5.41) is 13.7. The van der Waals surface area contributed by atoms with Gasteiger partial charge < -0.3 is 18.9 Å². The van der Waals surface area contributed by atoms with E-state index in [1.807, 2.05) is 66.7 Å². The van der Waals surface area contributed by atoms with Crippen molar-refractivity contribution < 1.29 is 27.7 Å². The Morgan fingerprint density at radius 3 is 1.68 bits per heavy atom. The van der Waals surface area contributed by atoms with E-state index in [0.29, 0.717) is 29.6 Å². The van der Waals surface area contributed by atoms with E-state index >= 15 is 0 Å². The molecule has 0 amide bonds. The van der Waals surface area contributed by atoms with E-state index in [9.17, 15) is 8.78 Å². The van der Waals surface area contributed by atoms with E-state index in [0.717, 1.165) is 34.1 Å². The minimum atomic E-state index is -0.906. The number of ether oxygens (including phenoxy) is 4. The minimum absolute atomic E-state index is 0.105. The molecule has 0 aliphatic carbocycles. The van der Waals surface area contributed by atoms with E-state index in [4.69, 9.17) is 18.9 Å². The van der Waals surface area contributed by atoms with Gasteiger partial charge in [0.05, 0.1) is 25.6 Å². The maximum Gasteiger partial charge on any atom is 0.165 e. The molecular weight excluding hydrogens is 566 g/mol. The third kappa shape index (κ3) is 7.40. The Morgan fingerprint density at radius 2 is 1.16 bits per heavy atom. The van der Waals surface area contributed by atoms with Gasteiger partial charge in [-0.15, -0.1) is 0 Å². The van der Waals surface area contributed by atoms with Crippen molar-refractivity contribution in [2.24, 2.45) is 0 Å². The van der Waals surface area contributed by atoms with Crippen LogP contribution >= 0.6 is 0 Å². The molecule has 0 aliphatic heterocycles. The van der Waals surface area contributed by atoms with Gasteiger partial charge in [0.1, 0.15) is 13.2 Å². The van der Waals surface area contributed by atoms with Gasteiger partial charge in [-0.2, -0.15) is 10.2 Å². The fourth-order valence-corrected chi connectivity index (χ4v) is 4.30. The summed E-state index contributed by atoms with van der Waals surface area (Å²) in [6, 6.07) is 28.9. The number of hydrogen-bond acceptors (Lipinski definition) is 6. The molecule has 0 saturated heterocycles. The van der Waals surface area contributed by atoms with E-state index in [1.54, 1.807) is 31.6 Å². The van der Waals surface area contributed by atoms with E-state index in [1.165, 1.54) is 19.2 Å². The quantitative estimate of drug-likeness (QED) is 0.169. The third-order valence-corrected chi connectivity index (χ3v) is 6.60. The highest BCUT2D eigenvalue weighted by molar-refractivity contribution is 5.64. The van der Waals surface area contributed by atoms with Gasteiger partial charge in [0, 0.05) is 29.1 Å². The highest BCUT2D eigenvalue weighted by Gasteiger charge is 2.12. The first-order valence-electron chi connectivity index (χ1n) is 13.6. The zero-order chi connectivity index (χ0) is 30.7. The summed E-state index contributed by atoms with van der Waals surface area (Å²) in [5.74, 6) is 0.566. The average Bonchev–Trinajstić information content (AvgIpc) is 3.81. The van der Waals surface area contributed by atoms with Gasteiger partial charge in [0.2, 0.25) is 0 Å². The molecule has 6 aromatic rings. The Bertz CT molecular complexity index is 1760. The molecule has 44 heavy (non-hydrogen) atoms. The van der Waals surface area contributed by atoms with Crippen LogP contribution in [0.15, 0.2) is 109 Å². The van der Waals surface area contributed by atoms with Crippen LogP contribution < -0.4 is 18.9 Å². The lowest BCUT2D eigenvalue weighted by Crippen LogP contribution is -2.01. The molecule has 0 spiro atoms. The molecule has 0 radical (unpaired) electrons. The number of halogens is 2. The normalized spacial score (nSPS) is 10.5. The summed E-state index contributed by atoms with van der Waals surface area (Å²) in [5.41, 5.74) is 4.87. The van der Waals surface area contributed by atoms with Crippen molar-refractivity contribution in [1.29, 1.82) is 0 Å². The Morgan fingerprint density at radius 1 is 0.591 bits per heavy atom. The summed E-state index contributed by atoms with van der Waals surface area (Å²) in [6.07, 6.45) is 3.37. The van der Waals surface area contributed by atoms with Crippen molar-refractivity contribution in [3.63, 3.8) is 0 Å². The second-order valence-electron chi connectivity index (χ2n) is 9.45. The fourth-order valence-electron chi connectivity index (χ4n) is 4.30. The lowest BCUT2D eigenvalue weighted by Gasteiger charge is -2.12. The van der Waals surface area contributed by atoms with Crippen molar-refractivity contribution in [2.75, 3.05) is 14.2 Å². The Labute approximate surface area is 253 Å². The number of aromatic amines is 2. The van der Waals surface area contributed by atoms with Gasteiger partial charge in [0.25, 0.3) is 0 Å². The van der Waals surface area contributed by atoms with E-state index < -0.39 is 11.6 Å². The lowest BCUT2D eigenvalue weighted by molar-refractivity contribution is 0.278. The van der Waals surface area contributed by atoms with Crippen LogP contribution in [0.25, 0.3) is 22.5 Å². The zero-order valence-corrected chi connectivity index (χ0v) is 24.1. The molecule has 2 heterocycles. The molecule has 4 aromatic carbocycles. The fraction of sp³-hybridized carbons (Fsp3) is 0.118. The minimum Gasteiger partial charge on any atom is -0.493 e. The molecule has 224 valence electrons. The maximum absolute atomic E-state index is 13.7. The number of benzene rings is 4. The van der Waals surface area contributed by atoms with Crippen molar-refractivity contribution in [3.8, 4) is 45.5 Å². The molecule has 0 unspecified atom stereocenters. The van der Waals surface area contributed by atoms with Gasteiger partial charge in [-0.05, 0) is 60.2 Å². The number of nitrogens with zero attached hydrogens (tertiary/aromatic N) is 2. The highest BCUT2D eigenvalue weighted by atomic mass is 19.2. The molecular formula is C34H30F2N4O4. The number of aromatic nitrogens is 4. The Kier molecular flexibility index (Phi) is 9.83. The summed E-state index contributed by atoms with van der Waals surface area (Å²) >= 11 is 0. The SMILES string of the molecule is COc1ccc(-c2ccn[nH]2)cc1OCc1cccc(F)c1F.COc1ccc(-c2ccn[nH]2)cc1OCc1ccccc1. The highest BCUT2D eigenvalue weighted by Crippen LogP contribution is 2.33. The van der Waals surface area contributed by atoms with Crippen LogP contribution in [0.5, 0.6) is 23.0 Å². The molecule has 2 N–H and O–H groups in total. The predicted molar refractivity (Wildman–Crippen MR) is 163 cm³/mol. The molecule has 2 aromatic heterocycles. The molecule has 0 aliphatic rings. The van der Waals surface area contributed by atoms with Crippen molar-refractivity contribution >= 4 is 0 Å². The van der Waals surface area contributed by atoms with Crippen LogP contribution in [0.4, 0.5) is 8.78 Å². The number of hydrogen-bond donors (Lipinski definition) is 2. The third-order valence-electron chi connectivity index (χ3n) is 6.60. The monoisotopic (exact) mass is 596 g/mol. The topological polar surface area (TPSA) is 94.3 Å². The van der Waals surface area contributed by atoms with Crippen LogP contribution in [0.3, 0.4) is 0 Å². The van der Waals surface area contributed by atoms with E-state index in [2.05, 4.69) is 20.4 Å². The maximum atomic E-state index is 13.7. The molecule has 0 bridgehead atoms.